The van der Waals surface area contributed by atoms with E-state index in [9.17, 15) is 0 Å². The van der Waals surface area contributed by atoms with Gasteiger partial charge in [0.25, 0.3) is 0 Å². The molecule has 0 aromatic heterocycles. The maximum absolute atomic E-state index is 5.56. The molecule has 0 aliphatic carbocycles. The molecule has 1 N–H and O–H groups in total. The first-order valence-corrected chi connectivity index (χ1v) is 9.99. The van der Waals surface area contributed by atoms with Crippen LogP contribution in [-0.2, 0) is 13.0 Å². The molecule has 7 nitrogen and oxygen atoms in total. The van der Waals surface area contributed by atoms with E-state index in [4.69, 9.17) is 18.9 Å². The van der Waals surface area contributed by atoms with Crippen LogP contribution in [0, 0.1) is 0 Å². The van der Waals surface area contributed by atoms with E-state index < -0.39 is 0 Å². The quantitative estimate of drug-likeness (QED) is 0.474. The molecule has 0 saturated carbocycles. The average molecular weight is 416 g/mol. The maximum Gasteiger partial charge on any atom is 0.203 e. The summed E-state index contributed by atoms with van der Waals surface area (Å²) in [4.78, 5) is 6.48. The zero-order valence-corrected chi connectivity index (χ0v) is 18.8. The first kappa shape index (κ1) is 23.2. The molecule has 0 spiro atoms. The van der Waals surface area contributed by atoms with Gasteiger partial charge in [-0.25, -0.2) is 0 Å². The Morgan fingerprint density at radius 2 is 1.67 bits per heavy atom. The Balaban J connectivity index is 1.97. The number of nitrogens with one attached hydrogen (secondary N) is 1. The minimum atomic E-state index is 0.606. The maximum atomic E-state index is 5.56. The van der Waals surface area contributed by atoms with Gasteiger partial charge in [0, 0.05) is 32.7 Å². The van der Waals surface area contributed by atoms with Crippen LogP contribution in [0.1, 0.15) is 18.1 Å². The molecule has 164 valence electrons. The summed E-state index contributed by atoms with van der Waals surface area (Å²) in [5, 5.41) is 3.41. The number of hydrogen-bond acceptors (Lipinski definition) is 5. The second-order valence-corrected chi connectivity index (χ2v) is 6.65. The third kappa shape index (κ3) is 5.95. The first-order valence-electron chi connectivity index (χ1n) is 9.99. The number of benzene rings is 2. The fourth-order valence-electron chi connectivity index (χ4n) is 3.26. The summed E-state index contributed by atoms with van der Waals surface area (Å²) in [6, 6.07) is 12.0. The van der Waals surface area contributed by atoms with Crippen molar-refractivity contribution in [2.45, 2.75) is 19.9 Å². The molecule has 30 heavy (non-hydrogen) atoms. The third-order valence-electron chi connectivity index (χ3n) is 4.69. The van der Waals surface area contributed by atoms with Crippen LogP contribution in [0.5, 0.6) is 23.0 Å². The third-order valence-corrected chi connectivity index (χ3v) is 4.69. The summed E-state index contributed by atoms with van der Waals surface area (Å²) in [5.74, 6) is 3.65. The van der Waals surface area contributed by atoms with E-state index in [1.807, 2.05) is 38.2 Å². The number of guanidine groups is 1. The van der Waals surface area contributed by atoms with Crippen molar-refractivity contribution in [1.29, 1.82) is 0 Å². The molecule has 0 radical (unpaired) electrons. The Morgan fingerprint density at radius 3 is 2.23 bits per heavy atom. The summed E-state index contributed by atoms with van der Waals surface area (Å²) >= 11 is 0. The normalized spacial score (nSPS) is 11.1. The van der Waals surface area contributed by atoms with Crippen molar-refractivity contribution < 1.29 is 18.9 Å². The van der Waals surface area contributed by atoms with E-state index in [0.29, 0.717) is 30.4 Å². The highest BCUT2D eigenvalue weighted by molar-refractivity contribution is 5.79. The minimum Gasteiger partial charge on any atom is -0.494 e. The largest absolute Gasteiger partial charge is 0.494 e. The molecule has 2 aromatic rings. The molecule has 2 aromatic carbocycles. The molecule has 0 heterocycles. The lowest BCUT2D eigenvalue weighted by atomic mass is 10.1. The van der Waals surface area contributed by atoms with Gasteiger partial charge in [-0.1, -0.05) is 18.2 Å². The summed E-state index contributed by atoms with van der Waals surface area (Å²) in [6.07, 6.45) is 0.749. The second kappa shape index (κ2) is 11.8. The van der Waals surface area contributed by atoms with Crippen LogP contribution < -0.4 is 24.3 Å². The second-order valence-electron chi connectivity index (χ2n) is 6.65. The van der Waals surface area contributed by atoms with Gasteiger partial charge in [-0.05, 0) is 37.1 Å². The van der Waals surface area contributed by atoms with Crippen molar-refractivity contribution in [1.82, 2.24) is 10.2 Å². The topological polar surface area (TPSA) is 64.6 Å². The van der Waals surface area contributed by atoms with E-state index in [2.05, 4.69) is 27.3 Å². The van der Waals surface area contributed by atoms with Crippen LogP contribution in [-0.4, -0.2) is 59.4 Å². The molecule has 7 heteroatoms. The number of aliphatic imine (C=N–C) groups is 1. The zero-order chi connectivity index (χ0) is 21.9. The van der Waals surface area contributed by atoms with Gasteiger partial charge in [-0.15, -0.1) is 0 Å². The summed E-state index contributed by atoms with van der Waals surface area (Å²) in [7, 11) is 8.66. The smallest absolute Gasteiger partial charge is 0.203 e. The Bertz CT molecular complexity index is 822. The Hall–Kier alpha value is -3.09. The van der Waals surface area contributed by atoms with E-state index in [-0.39, 0.29) is 0 Å². The van der Waals surface area contributed by atoms with Crippen LogP contribution in [0.4, 0.5) is 0 Å². The van der Waals surface area contributed by atoms with E-state index in [0.717, 1.165) is 30.2 Å². The number of ether oxygens (including phenoxy) is 4. The van der Waals surface area contributed by atoms with Crippen molar-refractivity contribution in [2.75, 3.05) is 48.6 Å². The molecule has 0 aliphatic rings. The lowest BCUT2D eigenvalue weighted by Gasteiger charge is -2.23. The van der Waals surface area contributed by atoms with Crippen molar-refractivity contribution in [3.63, 3.8) is 0 Å². The highest BCUT2D eigenvalue weighted by atomic mass is 16.5. The minimum absolute atomic E-state index is 0.606. The predicted molar refractivity (Wildman–Crippen MR) is 120 cm³/mol. The van der Waals surface area contributed by atoms with Gasteiger partial charge in [0.1, 0.15) is 5.75 Å². The fraction of sp³-hybridized carbons (Fsp3) is 0.435. The van der Waals surface area contributed by atoms with Gasteiger partial charge in [0.15, 0.2) is 17.5 Å². The number of methoxy groups -OCH3 is 3. The van der Waals surface area contributed by atoms with Gasteiger partial charge >= 0.3 is 0 Å². The van der Waals surface area contributed by atoms with Gasteiger partial charge in [0.2, 0.25) is 5.75 Å². The van der Waals surface area contributed by atoms with Crippen LogP contribution in [0.25, 0.3) is 0 Å². The highest BCUT2D eigenvalue weighted by Gasteiger charge is 2.16. The highest BCUT2D eigenvalue weighted by Crippen LogP contribution is 2.39. The Labute approximate surface area is 179 Å². The lowest BCUT2D eigenvalue weighted by molar-refractivity contribution is 0.322. The van der Waals surface area contributed by atoms with Crippen molar-refractivity contribution in [3.8, 4) is 23.0 Å². The SMILES string of the molecule is CCOc1ccc(CN(C)C(=NC)NCCc2ccc(OC)c(OC)c2OC)cc1. The lowest BCUT2D eigenvalue weighted by Crippen LogP contribution is -2.39. The van der Waals surface area contributed by atoms with Gasteiger partial charge in [-0.3, -0.25) is 4.99 Å². The van der Waals surface area contributed by atoms with Crippen molar-refractivity contribution in [2.24, 2.45) is 4.99 Å². The first-order chi connectivity index (χ1) is 14.6. The Morgan fingerprint density at radius 1 is 0.967 bits per heavy atom. The molecule has 0 unspecified atom stereocenters. The van der Waals surface area contributed by atoms with Gasteiger partial charge in [0.05, 0.1) is 27.9 Å². The van der Waals surface area contributed by atoms with Gasteiger partial charge in [-0.2, -0.15) is 0 Å². The standard InChI is InChI=1S/C23H33N3O4/c1-7-30-19-11-8-17(9-12-19)16-26(3)23(24-2)25-15-14-18-10-13-20(27-4)22(29-6)21(18)28-5/h8-13H,7,14-16H2,1-6H3,(H,24,25). The van der Waals surface area contributed by atoms with Crippen LogP contribution in [0.3, 0.4) is 0 Å². The van der Waals surface area contributed by atoms with Crippen LogP contribution in [0.2, 0.25) is 0 Å². The molecule has 0 bridgehead atoms. The molecule has 2 rings (SSSR count). The van der Waals surface area contributed by atoms with E-state index >= 15 is 0 Å². The summed E-state index contributed by atoms with van der Waals surface area (Å²) < 4.78 is 21.9. The number of rotatable bonds is 10. The number of hydrogen-bond donors (Lipinski definition) is 1. The summed E-state index contributed by atoms with van der Waals surface area (Å²) in [6.45, 7) is 4.09. The molecule has 0 saturated heterocycles. The summed E-state index contributed by atoms with van der Waals surface area (Å²) in [5.41, 5.74) is 2.22. The fourth-order valence-corrected chi connectivity index (χ4v) is 3.26. The van der Waals surface area contributed by atoms with Gasteiger partial charge < -0.3 is 29.2 Å². The van der Waals surface area contributed by atoms with E-state index in [1.54, 1.807) is 28.4 Å². The molecule has 0 atom stereocenters. The van der Waals surface area contributed by atoms with Crippen molar-refractivity contribution >= 4 is 5.96 Å². The molecule has 0 fully saturated rings. The zero-order valence-electron chi connectivity index (χ0n) is 18.8. The van der Waals surface area contributed by atoms with Crippen molar-refractivity contribution in [3.05, 3.63) is 47.5 Å². The molecule has 0 aliphatic heterocycles. The number of nitrogens with zero attached hydrogens (tertiary/aromatic N) is 2. The Kier molecular flexibility index (Phi) is 9.12. The van der Waals surface area contributed by atoms with E-state index in [1.165, 1.54) is 5.56 Å². The molecular formula is C23H33N3O4. The monoisotopic (exact) mass is 415 g/mol. The molecular weight excluding hydrogens is 382 g/mol. The predicted octanol–water partition coefficient (Wildman–Crippen LogP) is 3.36. The van der Waals surface area contributed by atoms with Crippen LogP contribution >= 0.6 is 0 Å². The van der Waals surface area contributed by atoms with Crippen LogP contribution in [0.15, 0.2) is 41.4 Å². The molecule has 0 amide bonds. The average Bonchev–Trinajstić information content (AvgIpc) is 2.77.